The van der Waals surface area contributed by atoms with E-state index in [1.165, 1.54) is 7.11 Å². The molecule has 0 spiro atoms. The highest BCUT2D eigenvalue weighted by Gasteiger charge is 2.14. The maximum atomic E-state index is 11.1. The number of nitrogens with two attached hydrogens (primary N) is 1. The summed E-state index contributed by atoms with van der Waals surface area (Å²) in [6, 6.07) is 4.90. The first kappa shape index (κ1) is 19.6. The summed E-state index contributed by atoms with van der Waals surface area (Å²) in [5.74, 6) is 0.874. The molecule has 3 radical (unpaired) electrons. The Labute approximate surface area is 116 Å². The maximum Gasteiger partial charge on any atom is 0.307 e. The van der Waals surface area contributed by atoms with Crippen molar-refractivity contribution in [3.63, 3.8) is 0 Å². The number of rotatable bonds is 5. The fraction of sp³-hybridized carbons (Fsp3) is 0.462. The summed E-state index contributed by atoms with van der Waals surface area (Å²) in [7, 11) is 4.45. The third kappa shape index (κ3) is 5.22. The van der Waals surface area contributed by atoms with Crippen LogP contribution in [0.5, 0.6) is 11.5 Å². The molecule has 0 fully saturated rings. The molecule has 0 aliphatic rings. The van der Waals surface area contributed by atoms with E-state index in [-0.39, 0.29) is 28.2 Å². The van der Waals surface area contributed by atoms with Crippen LogP contribution in [0.4, 0.5) is 0 Å². The molecule has 5 nitrogen and oxygen atoms in total. The second kappa shape index (κ2) is 9.27. The van der Waals surface area contributed by atoms with E-state index in [4.69, 9.17) is 15.2 Å². The predicted octanol–water partition coefficient (Wildman–Crippen LogP) is 1.52. The van der Waals surface area contributed by atoms with Gasteiger partial charge >= 0.3 is 5.97 Å². The van der Waals surface area contributed by atoms with E-state index >= 15 is 0 Å². The third-order valence-electron chi connectivity index (χ3n) is 2.45. The van der Waals surface area contributed by atoms with E-state index in [1.807, 2.05) is 0 Å². The van der Waals surface area contributed by atoms with Gasteiger partial charge in [-0.2, -0.15) is 0 Å². The third-order valence-corrected chi connectivity index (χ3v) is 2.45. The van der Waals surface area contributed by atoms with Crippen molar-refractivity contribution >= 4 is 14.4 Å². The molecule has 1 aromatic rings. The van der Waals surface area contributed by atoms with Gasteiger partial charge < -0.3 is 19.9 Å². The zero-order valence-electron chi connectivity index (χ0n) is 10.8. The Bertz CT molecular complexity index is 398. The molecule has 19 heavy (non-hydrogen) atoms. The molecule has 6 heteroatoms. The van der Waals surface area contributed by atoms with Gasteiger partial charge in [-0.3, -0.25) is 4.79 Å². The van der Waals surface area contributed by atoms with Gasteiger partial charge in [0.15, 0.2) is 11.5 Å². The van der Waals surface area contributed by atoms with Crippen LogP contribution in [0.25, 0.3) is 0 Å². The standard InChI is InChI=1S/C12H17NO4.CH4.B/c1-15-10-5-4-8(6-11(10)16-2)9(13)7-12(14)17-3;;/h4-6,9H,7,13H2,1-3H3;1H4;/t9-;;/m0../s1. The highest BCUT2D eigenvalue weighted by Crippen LogP contribution is 2.30. The molecule has 0 saturated heterocycles. The van der Waals surface area contributed by atoms with Crippen molar-refractivity contribution in [3.05, 3.63) is 23.8 Å². The van der Waals surface area contributed by atoms with Crippen LogP contribution < -0.4 is 15.2 Å². The lowest BCUT2D eigenvalue weighted by Gasteiger charge is -2.13. The Morgan fingerprint density at radius 2 is 1.79 bits per heavy atom. The van der Waals surface area contributed by atoms with Crippen LogP contribution in [-0.2, 0) is 9.53 Å². The number of carbonyl (C=O) groups excluding carboxylic acids is 1. The predicted molar refractivity (Wildman–Crippen MR) is 75.6 cm³/mol. The van der Waals surface area contributed by atoms with Crippen LogP contribution in [-0.4, -0.2) is 35.7 Å². The van der Waals surface area contributed by atoms with E-state index in [1.54, 1.807) is 32.4 Å². The van der Waals surface area contributed by atoms with E-state index in [2.05, 4.69) is 4.74 Å². The van der Waals surface area contributed by atoms with Crippen LogP contribution in [0.2, 0.25) is 0 Å². The molecular weight excluding hydrogens is 245 g/mol. The van der Waals surface area contributed by atoms with E-state index < -0.39 is 6.04 Å². The van der Waals surface area contributed by atoms with Gasteiger partial charge in [0.25, 0.3) is 0 Å². The van der Waals surface area contributed by atoms with Gasteiger partial charge in [0.05, 0.1) is 27.8 Å². The number of methoxy groups -OCH3 is 3. The minimum absolute atomic E-state index is 0. The summed E-state index contributed by atoms with van der Waals surface area (Å²) >= 11 is 0. The minimum atomic E-state index is -0.415. The fourth-order valence-corrected chi connectivity index (χ4v) is 1.46. The van der Waals surface area contributed by atoms with Gasteiger partial charge in [-0.25, -0.2) is 0 Å². The first-order valence-electron chi connectivity index (χ1n) is 5.16. The number of hydrogen-bond donors (Lipinski definition) is 1. The first-order chi connectivity index (χ1) is 8.12. The summed E-state index contributed by atoms with van der Waals surface area (Å²) in [5, 5.41) is 0. The van der Waals surface area contributed by atoms with Crippen molar-refractivity contribution in [1.29, 1.82) is 0 Å². The number of carbonyl (C=O) groups is 1. The van der Waals surface area contributed by atoms with E-state index in [0.29, 0.717) is 11.5 Å². The molecular formula is C13H21BNO4. The molecule has 1 rings (SSSR count). The van der Waals surface area contributed by atoms with Crippen molar-refractivity contribution < 1.29 is 19.0 Å². The van der Waals surface area contributed by atoms with Gasteiger partial charge in [-0.05, 0) is 17.7 Å². The molecule has 0 heterocycles. The highest BCUT2D eigenvalue weighted by atomic mass is 16.5. The van der Waals surface area contributed by atoms with Crippen molar-refractivity contribution in [1.82, 2.24) is 0 Å². The van der Waals surface area contributed by atoms with Gasteiger partial charge in [0.1, 0.15) is 0 Å². The summed E-state index contributed by atoms with van der Waals surface area (Å²) in [6.07, 6.45) is 0.131. The van der Waals surface area contributed by atoms with Crippen molar-refractivity contribution in [2.24, 2.45) is 5.73 Å². The molecule has 105 valence electrons. The first-order valence-corrected chi connectivity index (χ1v) is 5.16. The lowest BCUT2D eigenvalue weighted by Crippen LogP contribution is -2.16. The molecule has 2 N–H and O–H groups in total. The Morgan fingerprint density at radius 3 is 2.26 bits per heavy atom. The lowest BCUT2D eigenvalue weighted by molar-refractivity contribution is -0.141. The van der Waals surface area contributed by atoms with Crippen molar-refractivity contribution in [2.75, 3.05) is 21.3 Å². The largest absolute Gasteiger partial charge is 0.493 e. The molecule has 0 unspecified atom stereocenters. The highest BCUT2D eigenvalue weighted by molar-refractivity contribution is 5.75. The molecule has 0 bridgehead atoms. The average molecular weight is 266 g/mol. The van der Waals surface area contributed by atoms with Gasteiger partial charge in [-0.15, -0.1) is 0 Å². The second-order valence-corrected chi connectivity index (χ2v) is 3.50. The Kier molecular flexibility index (Phi) is 9.59. The maximum absolute atomic E-state index is 11.1. The van der Waals surface area contributed by atoms with Crippen LogP contribution in [0.15, 0.2) is 18.2 Å². The Morgan fingerprint density at radius 1 is 1.21 bits per heavy atom. The minimum Gasteiger partial charge on any atom is -0.493 e. The zero-order chi connectivity index (χ0) is 12.8. The molecule has 0 aromatic heterocycles. The average Bonchev–Trinajstić information content (AvgIpc) is 2.37. The molecule has 0 aliphatic carbocycles. The van der Waals surface area contributed by atoms with Gasteiger partial charge in [0, 0.05) is 14.5 Å². The lowest BCUT2D eigenvalue weighted by atomic mass is 10.0. The smallest absolute Gasteiger partial charge is 0.307 e. The van der Waals surface area contributed by atoms with Crippen molar-refractivity contribution in [3.8, 4) is 11.5 Å². The summed E-state index contributed by atoms with van der Waals surface area (Å²) < 4.78 is 14.8. The molecule has 1 atom stereocenters. The van der Waals surface area contributed by atoms with Gasteiger partial charge in [0.2, 0.25) is 0 Å². The molecule has 0 amide bonds. The Hall–Kier alpha value is -1.69. The second-order valence-electron chi connectivity index (χ2n) is 3.50. The SMILES string of the molecule is C.COC(=O)C[C@H](N)c1ccc(OC)c(OC)c1.[B]. The summed E-state index contributed by atoms with van der Waals surface area (Å²) in [4.78, 5) is 11.1. The number of ether oxygens (including phenoxy) is 3. The quantitative estimate of drug-likeness (QED) is 0.646. The molecule has 1 aromatic carbocycles. The van der Waals surface area contributed by atoms with E-state index in [0.717, 1.165) is 5.56 Å². The van der Waals surface area contributed by atoms with Crippen LogP contribution in [0, 0.1) is 0 Å². The van der Waals surface area contributed by atoms with Gasteiger partial charge in [-0.1, -0.05) is 13.5 Å². The summed E-state index contributed by atoms with van der Waals surface area (Å²) in [5.41, 5.74) is 6.69. The monoisotopic (exact) mass is 266 g/mol. The van der Waals surface area contributed by atoms with Crippen LogP contribution >= 0.6 is 0 Å². The Balaban J connectivity index is 0. The fourth-order valence-electron chi connectivity index (χ4n) is 1.46. The zero-order valence-corrected chi connectivity index (χ0v) is 10.8. The normalized spacial score (nSPS) is 10.5. The number of benzene rings is 1. The molecule has 0 aliphatic heterocycles. The van der Waals surface area contributed by atoms with Crippen LogP contribution in [0.1, 0.15) is 25.5 Å². The molecule has 0 saturated carbocycles. The van der Waals surface area contributed by atoms with Crippen molar-refractivity contribution in [2.45, 2.75) is 19.9 Å². The summed E-state index contributed by atoms with van der Waals surface area (Å²) in [6.45, 7) is 0. The topological polar surface area (TPSA) is 70.8 Å². The van der Waals surface area contributed by atoms with Crippen LogP contribution in [0.3, 0.4) is 0 Å². The van der Waals surface area contributed by atoms with E-state index in [9.17, 15) is 4.79 Å². The number of hydrogen-bond acceptors (Lipinski definition) is 5. The number of esters is 1.